The van der Waals surface area contributed by atoms with Gasteiger partial charge in [0, 0.05) is 42.1 Å². The van der Waals surface area contributed by atoms with E-state index in [1.165, 1.54) is 17.0 Å². The number of pyridine rings is 1. The molecule has 0 saturated carbocycles. The molecule has 0 aliphatic carbocycles. The number of aryl methyl sites for hydroxylation is 1. The van der Waals surface area contributed by atoms with Crippen LogP contribution in [0.15, 0.2) is 54.6 Å². The maximum atomic E-state index is 13.3. The minimum Gasteiger partial charge on any atom is -0.508 e. The van der Waals surface area contributed by atoms with Crippen LogP contribution in [0.2, 0.25) is 0 Å². The summed E-state index contributed by atoms with van der Waals surface area (Å²) in [6.07, 6.45) is 1.18. The number of hydrogen-bond donors (Lipinski definition) is 5. The summed E-state index contributed by atoms with van der Waals surface area (Å²) in [5, 5.41) is 33.0. The van der Waals surface area contributed by atoms with Gasteiger partial charge in [-0.05, 0) is 42.7 Å². The van der Waals surface area contributed by atoms with Gasteiger partial charge in [0.25, 0.3) is 5.91 Å². The lowest BCUT2D eigenvalue weighted by Gasteiger charge is -2.21. The third-order valence-electron chi connectivity index (χ3n) is 7.20. The molecule has 0 bridgehead atoms. The third-order valence-corrected chi connectivity index (χ3v) is 7.20. The summed E-state index contributed by atoms with van der Waals surface area (Å²) >= 11 is 0. The van der Waals surface area contributed by atoms with Crippen LogP contribution in [0.4, 0.5) is 0 Å². The molecule has 11 heteroatoms. The molecule has 1 aliphatic rings. The van der Waals surface area contributed by atoms with Crippen LogP contribution in [-0.2, 0) is 27.2 Å². The Kier molecular flexibility index (Phi) is 7.37. The molecule has 2 unspecified atom stereocenters. The summed E-state index contributed by atoms with van der Waals surface area (Å²) < 4.78 is 0. The normalized spacial score (nSPS) is 15.8. The van der Waals surface area contributed by atoms with Gasteiger partial charge in [-0.25, -0.2) is 14.6 Å². The smallest absolute Gasteiger partial charge is 0.326 e. The molecular weight excluding hydrogens is 516 g/mol. The first-order chi connectivity index (χ1) is 19.2. The lowest BCUT2D eigenvalue weighted by Crippen LogP contribution is -2.42. The van der Waals surface area contributed by atoms with Crippen molar-refractivity contribution in [3.8, 4) is 5.75 Å². The topological polar surface area (TPSA) is 173 Å². The molecule has 0 spiro atoms. The van der Waals surface area contributed by atoms with Crippen molar-refractivity contribution < 1.29 is 34.5 Å². The van der Waals surface area contributed by atoms with E-state index in [1.807, 2.05) is 6.07 Å². The number of hydrogen-bond acceptors (Lipinski definition) is 6. The highest BCUT2D eigenvalue weighted by Crippen LogP contribution is 2.31. The minimum absolute atomic E-state index is 0.0236. The van der Waals surface area contributed by atoms with E-state index >= 15 is 0 Å². The molecule has 2 aromatic heterocycles. The van der Waals surface area contributed by atoms with Crippen molar-refractivity contribution in [2.24, 2.45) is 0 Å². The number of benzene rings is 2. The van der Waals surface area contributed by atoms with Crippen molar-refractivity contribution in [1.29, 1.82) is 0 Å². The van der Waals surface area contributed by atoms with Gasteiger partial charge < -0.3 is 30.5 Å². The summed E-state index contributed by atoms with van der Waals surface area (Å²) in [5.41, 5.74) is 2.35. The predicted molar refractivity (Wildman–Crippen MR) is 145 cm³/mol. The van der Waals surface area contributed by atoms with E-state index in [1.54, 1.807) is 36.4 Å². The summed E-state index contributed by atoms with van der Waals surface area (Å²) in [5.74, 6) is -3.23. The number of amides is 2. The number of aromatic amines is 1. The van der Waals surface area contributed by atoms with Gasteiger partial charge >= 0.3 is 11.9 Å². The maximum Gasteiger partial charge on any atom is 0.326 e. The van der Waals surface area contributed by atoms with Gasteiger partial charge in [-0.15, -0.1) is 0 Å². The number of nitrogens with zero attached hydrogens (tertiary/aromatic N) is 2. The van der Waals surface area contributed by atoms with E-state index in [2.05, 4.69) is 15.3 Å². The number of phenols is 1. The first kappa shape index (κ1) is 26.7. The molecular formula is C29H28N4O7. The molecule has 0 radical (unpaired) electrons. The number of aromatic nitrogens is 2. The highest BCUT2D eigenvalue weighted by Gasteiger charge is 2.33. The number of carboxylic acid groups (broad SMARTS) is 2. The second-order valence-electron chi connectivity index (χ2n) is 9.87. The molecule has 2 atom stereocenters. The van der Waals surface area contributed by atoms with Gasteiger partial charge in [0.05, 0.1) is 11.2 Å². The zero-order valence-electron chi connectivity index (χ0n) is 21.5. The average molecular weight is 545 g/mol. The average Bonchev–Trinajstić information content (AvgIpc) is 3.57. The highest BCUT2D eigenvalue weighted by atomic mass is 16.4. The summed E-state index contributed by atoms with van der Waals surface area (Å²) in [6, 6.07) is 13.1. The number of fused-ring (bicyclic) bond motifs is 3. The molecule has 40 heavy (non-hydrogen) atoms. The van der Waals surface area contributed by atoms with Crippen LogP contribution in [-0.4, -0.2) is 72.6 Å². The Hall–Kier alpha value is -4.93. The largest absolute Gasteiger partial charge is 0.508 e. The Morgan fingerprint density at radius 2 is 1.82 bits per heavy atom. The number of aliphatic carboxylic acids is 2. The number of nitrogens with one attached hydrogen (secondary N) is 2. The van der Waals surface area contributed by atoms with Gasteiger partial charge in [0.15, 0.2) is 0 Å². The van der Waals surface area contributed by atoms with Crippen LogP contribution < -0.4 is 5.32 Å². The van der Waals surface area contributed by atoms with E-state index in [9.17, 15) is 34.5 Å². The van der Waals surface area contributed by atoms with Crippen molar-refractivity contribution in [3.63, 3.8) is 0 Å². The van der Waals surface area contributed by atoms with E-state index in [0.29, 0.717) is 46.9 Å². The number of carboxylic acids is 2. The molecule has 2 aromatic carbocycles. The lowest BCUT2D eigenvalue weighted by atomic mass is 10.1. The van der Waals surface area contributed by atoms with Crippen molar-refractivity contribution in [2.45, 2.75) is 44.2 Å². The van der Waals surface area contributed by atoms with Crippen LogP contribution in [0, 0.1) is 0 Å². The zero-order valence-corrected chi connectivity index (χ0v) is 21.5. The zero-order chi connectivity index (χ0) is 28.4. The van der Waals surface area contributed by atoms with E-state index in [4.69, 9.17) is 0 Å². The number of phenolic OH excluding ortho intramolecular Hbond substituents is 1. The first-order valence-electron chi connectivity index (χ1n) is 13.0. The quantitative estimate of drug-likeness (QED) is 0.214. The molecule has 3 heterocycles. The van der Waals surface area contributed by atoms with Crippen LogP contribution in [0.25, 0.3) is 21.8 Å². The third kappa shape index (κ3) is 5.44. The van der Waals surface area contributed by atoms with Gasteiger partial charge in [-0.3, -0.25) is 9.59 Å². The molecule has 5 N–H and O–H groups in total. The Bertz CT molecular complexity index is 1620. The van der Waals surface area contributed by atoms with Crippen LogP contribution in [0.3, 0.4) is 0 Å². The van der Waals surface area contributed by atoms with Crippen LogP contribution in [0.1, 0.15) is 41.0 Å². The lowest BCUT2D eigenvalue weighted by molar-refractivity contribution is -0.148. The number of rotatable bonds is 9. The molecule has 1 aliphatic heterocycles. The van der Waals surface area contributed by atoms with Crippen LogP contribution in [0.5, 0.6) is 5.75 Å². The number of likely N-dealkylation sites (tertiary alicyclic amines) is 1. The van der Waals surface area contributed by atoms with Crippen LogP contribution >= 0.6 is 0 Å². The second-order valence-corrected chi connectivity index (χ2v) is 9.87. The fourth-order valence-corrected chi connectivity index (χ4v) is 5.22. The second kappa shape index (κ2) is 11.0. The first-order valence-corrected chi connectivity index (χ1v) is 13.0. The molecule has 1 saturated heterocycles. The van der Waals surface area contributed by atoms with Gasteiger partial charge in [0.1, 0.15) is 23.5 Å². The molecule has 2 amide bonds. The fourth-order valence-electron chi connectivity index (χ4n) is 5.22. The summed E-state index contributed by atoms with van der Waals surface area (Å²) in [7, 11) is 0. The Balaban J connectivity index is 1.46. The Morgan fingerprint density at radius 3 is 2.55 bits per heavy atom. The summed E-state index contributed by atoms with van der Waals surface area (Å²) in [4.78, 5) is 58.8. The molecule has 4 aromatic rings. The van der Waals surface area contributed by atoms with Crippen molar-refractivity contribution in [2.75, 3.05) is 6.54 Å². The predicted octanol–water partition coefficient (Wildman–Crippen LogP) is 2.86. The van der Waals surface area contributed by atoms with E-state index < -0.39 is 29.9 Å². The van der Waals surface area contributed by atoms with E-state index in [0.717, 1.165) is 5.56 Å². The maximum absolute atomic E-state index is 13.3. The number of H-pyrrole nitrogens is 1. The van der Waals surface area contributed by atoms with Gasteiger partial charge in [-0.2, -0.15) is 0 Å². The molecule has 5 rings (SSSR count). The fraction of sp³-hybridized carbons (Fsp3) is 0.276. The van der Waals surface area contributed by atoms with Gasteiger partial charge in [-0.1, -0.05) is 30.3 Å². The van der Waals surface area contributed by atoms with E-state index in [-0.39, 0.29) is 36.6 Å². The minimum atomic E-state index is -1.20. The standard InChI is InChI=1S/C29H28N4O7/c34-17-8-9-20-18(14-17)19-15-22(27(36)32-23(28(37)38)13-16-5-2-1-3-6-16)30-21(26(19)31-20)10-11-25(35)33-12-4-7-24(33)29(39)40/h1-3,5-6,8-9,14-15,23-24,31,34H,4,7,10-13H2,(H,32,36)(H,37,38)(H,39,40). The molecule has 1 fully saturated rings. The SMILES string of the molecule is O=C(NC(Cc1ccccc1)C(=O)O)c1cc2c([nH]c3ccc(O)cc32)c(CCC(=O)N2CCCC2C(=O)O)n1. The summed E-state index contributed by atoms with van der Waals surface area (Å²) in [6.45, 7) is 0.366. The monoisotopic (exact) mass is 544 g/mol. The van der Waals surface area contributed by atoms with Crippen molar-refractivity contribution >= 4 is 45.6 Å². The Morgan fingerprint density at radius 1 is 1.05 bits per heavy atom. The van der Waals surface area contributed by atoms with Crippen molar-refractivity contribution in [3.05, 3.63) is 71.5 Å². The van der Waals surface area contributed by atoms with Gasteiger partial charge in [0.2, 0.25) is 5.91 Å². The Labute approximate surface area is 228 Å². The number of carbonyl (C=O) groups is 4. The highest BCUT2D eigenvalue weighted by molar-refractivity contribution is 6.10. The number of carbonyl (C=O) groups excluding carboxylic acids is 2. The van der Waals surface area contributed by atoms with Crippen molar-refractivity contribution in [1.82, 2.24) is 20.2 Å². The molecule has 11 nitrogen and oxygen atoms in total. The number of aromatic hydroxyl groups is 1. The molecule has 206 valence electrons.